The minimum Gasteiger partial charge on any atom is -0.432 e. The Bertz CT molecular complexity index is 581. The molecule has 0 aromatic heterocycles. The molecule has 0 unspecified atom stereocenters. The van der Waals surface area contributed by atoms with Crippen molar-refractivity contribution in [2.75, 3.05) is 0 Å². The molecule has 1 heterocycles. The lowest BCUT2D eigenvalue weighted by atomic mass is 9.97. The van der Waals surface area contributed by atoms with Gasteiger partial charge < -0.3 is 14.3 Å². The molecule has 3 nitrogen and oxygen atoms in total. The quantitative estimate of drug-likeness (QED) is 0.626. The van der Waals surface area contributed by atoms with Gasteiger partial charge in [0.1, 0.15) is 0 Å². The van der Waals surface area contributed by atoms with Crippen LogP contribution in [0, 0.1) is 0 Å². The number of benzene rings is 1. The van der Waals surface area contributed by atoms with E-state index in [0.29, 0.717) is 0 Å². The Morgan fingerprint density at radius 3 is 2.36 bits per heavy atom. The molecule has 0 radical (unpaired) electrons. The number of rotatable bonds is 7. The zero-order chi connectivity index (χ0) is 18.9. The van der Waals surface area contributed by atoms with Crippen molar-refractivity contribution in [2.24, 2.45) is 0 Å². The largest absolute Gasteiger partial charge is 0.432 e. The van der Waals surface area contributed by atoms with Gasteiger partial charge in [0.05, 0.1) is 12.2 Å². The topological polar surface area (TPSA) is 38.7 Å². The number of ether oxygens (including phenoxy) is 2. The summed E-state index contributed by atoms with van der Waals surface area (Å²) in [5.41, 5.74) is 1.10. The van der Waals surface area contributed by atoms with Crippen LogP contribution in [0.4, 0.5) is 0 Å². The van der Waals surface area contributed by atoms with E-state index in [0.717, 1.165) is 36.3 Å². The Labute approximate surface area is 158 Å². The highest BCUT2D eigenvalue weighted by Crippen LogP contribution is 2.41. The van der Waals surface area contributed by atoms with E-state index in [2.05, 4.69) is 19.9 Å². The van der Waals surface area contributed by atoms with E-state index < -0.39 is 14.1 Å². The Morgan fingerprint density at radius 1 is 1.16 bits per heavy atom. The molecule has 1 saturated heterocycles. The van der Waals surface area contributed by atoms with Gasteiger partial charge in [-0.1, -0.05) is 50.1 Å². The smallest absolute Gasteiger partial charge is 0.188 e. The van der Waals surface area contributed by atoms with E-state index in [9.17, 15) is 4.80 Å². The summed E-state index contributed by atoms with van der Waals surface area (Å²) in [6, 6.07) is 7.93. The second kappa shape index (κ2) is 7.69. The van der Waals surface area contributed by atoms with E-state index in [4.69, 9.17) is 21.1 Å². The summed E-state index contributed by atoms with van der Waals surface area (Å²) >= 11 is 6.32. The predicted octanol–water partition coefficient (Wildman–Crippen LogP) is 5.55. The number of hydrogen-bond acceptors (Lipinski definition) is 3. The van der Waals surface area contributed by atoms with Crippen molar-refractivity contribution in [3.05, 3.63) is 34.9 Å². The zero-order valence-corrected chi connectivity index (χ0v) is 18.2. The average Bonchev–Trinajstić information content (AvgIpc) is 2.74. The lowest BCUT2D eigenvalue weighted by molar-refractivity contribution is -0.146. The van der Waals surface area contributed by atoms with Crippen LogP contribution in [-0.4, -0.2) is 31.1 Å². The van der Waals surface area contributed by atoms with Crippen LogP contribution in [0.3, 0.4) is 0 Å². The van der Waals surface area contributed by atoms with Gasteiger partial charge in [-0.2, -0.15) is 0 Å². The summed E-state index contributed by atoms with van der Waals surface area (Å²) < 4.78 is 12.3. The van der Waals surface area contributed by atoms with Crippen molar-refractivity contribution < 1.29 is 14.3 Å². The molecule has 1 aromatic carbocycles. The second-order valence-corrected chi connectivity index (χ2v) is 13.7. The summed E-state index contributed by atoms with van der Waals surface area (Å²) in [5, 5.41) is 0.781. The first-order valence-corrected chi connectivity index (χ1v) is 12.6. The summed E-state index contributed by atoms with van der Waals surface area (Å²) in [7, 11) is -2.16. The molecular formula is C20H33ClO3Si. The first-order chi connectivity index (χ1) is 11.4. The third-order valence-corrected chi connectivity index (χ3v) is 9.54. The van der Waals surface area contributed by atoms with Crippen LogP contribution in [-0.2, 0) is 15.9 Å². The highest BCUT2D eigenvalue weighted by Gasteiger charge is 2.42. The fourth-order valence-electron chi connectivity index (χ4n) is 3.26. The van der Waals surface area contributed by atoms with E-state index in [1.165, 1.54) is 0 Å². The van der Waals surface area contributed by atoms with Gasteiger partial charge in [0.15, 0.2) is 14.1 Å². The van der Waals surface area contributed by atoms with Crippen molar-refractivity contribution in [3.8, 4) is 0 Å². The van der Waals surface area contributed by atoms with Gasteiger partial charge in [0.25, 0.3) is 0 Å². The standard InChI is InChI=1S/C20H33ClO3Si/c1-19(2,25(5,6)22)13-9-12-17-18(24-20(3,4)23-17)14-15-10-7-8-11-16(15)21/h7-8,10-11,17-18,22H,9,12-14H2,1-6H3/t17-,18-/m0/s1. The van der Waals surface area contributed by atoms with E-state index in [1.807, 2.05) is 45.1 Å². The maximum Gasteiger partial charge on any atom is 0.188 e. The molecule has 0 amide bonds. The second-order valence-electron chi connectivity index (χ2n) is 8.84. The molecule has 142 valence electrons. The molecule has 0 saturated carbocycles. The predicted molar refractivity (Wildman–Crippen MR) is 107 cm³/mol. The first kappa shape index (κ1) is 20.9. The van der Waals surface area contributed by atoms with Crippen LogP contribution in [0.5, 0.6) is 0 Å². The molecule has 2 rings (SSSR count). The fraction of sp³-hybridized carbons (Fsp3) is 0.700. The number of halogens is 1. The third kappa shape index (κ3) is 5.54. The first-order valence-electron chi connectivity index (χ1n) is 9.23. The molecule has 0 spiro atoms. The van der Waals surface area contributed by atoms with Crippen molar-refractivity contribution in [1.29, 1.82) is 0 Å². The van der Waals surface area contributed by atoms with Crippen LogP contribution < -0.4 is 0 Å². The Morgan fingerprint density at radius 2 is 1.76 bits per heavy atom. The van der Waals surface area contributed by atoms with Gasteiger partial charge in [0, 0.05) is 11.4 Å². The van der Waals surface area contributed by atoms with Crippen molar-refractivity contribution >= 4 is 19.9 Å². The Balaban J connectivity index is 1.99. The maximum absolute atomic E-state index is 10.5. The van der Waals surface area contributed by atoms with E-state index in [-0.39, 0.29) is 17.2 Å². The molecule has 5 heteroatoms. The van der Waals surface area contributed by atoms with Crippen molar-refractivity contribution in [1.82, 2.24) is 0 Å². The van der Waals surface area contributed by atoms with Crippen LogP contribution in [0.1, 0.15) is 52.5 Å². The van der Waals surface area contributed by atoms with Crippen molar-refractivity contribution in [3.63, 3.8) is 0 Å². The molecule has 0 aliphatic carbocycles. The number of hydrogen-bond donors (Lipinski definition) is 1. The summed E-state index contributed by atoms with van der Waals surface area (Å²) in [5.74, 6) is -0.558. The summed E-state index contributed by atoms with van der Waals surface area (Å²) in [4.78, 5) is 10.5. The highest BCUT2D eigenvalue weighted by atomic mass is 35.5. The average molecular weight is 385 g/mol. The maximum atomic E-state index is 10.5. The van der Waals surface area contributed by atoms with Gasteiger partial charge in [-0.15, -0.1) is 0 Å². The molecule has 1 aliphatic rings. The van der Waals surface area contributed by atoms with E-state index in [1.54, 1.807) is 0 Å². The molecular weight excluding hydrogens is 352 g/mol. The Hall–Kier alpha value is -0.393. The van der Waals surface area contributed by atoms with E-state index >= 15 is 0 Å². The monoisotopic (exact) mass is 384 g/mol. The third-order valence-electron chi connectivity index (χ3n) is 5.61. The molecule has 1 fully saturated rings. The summed E-state index contributed by atoms with van der Waals surface area (Å²) in [6.07, 6.45) is 3.79. The van der Waals surface area contributed by atoms with Crippen LogP contribution >= 0.6 is 11.6 Å². The normalized spacial score (nSPS) is 23.8. The molecule has 25 heavy (non-hydrogen) atoms. The van der Waals surface area contributed by atoms with Crippen molar-refractivity contribution in [2.45, 2.75) is 89.5 Å². The zero-order valence-electron chi connectivity index (χ0n) is 16.4. The molecule has 1 aromatic rings. The lowest BCUT2D eigenvalue weighted by Crippen LogP contribution is -2.39. The fourth-order valence-corrected chi connectivity index (χ4v) is 4.26. The highest BCUT2D eigenvalue weighted by molar-refractivity contribution is 6.72. The van der Waals surface area contributed by atoms with Crippen LogP contribution in [0.15, 0.2) is 24.3 Å². The van der Waals surface area contributed by atoms with Gasteiger partial charge in [-0.3, -0.25) is 0 Å². The van der Waals surface area contributed by atoms with Gasteiger partial charge >= 0.3 is 0 Å². The molecule has 1 N–H and O–H groups in total. The van der Waals surface area contributed by atoms with Gasteiger partial charge in [0.2, 0.25) is 0 Å². The van der Waals surface area contributed by atoms with Gasteiger partial charge in [-0.05, 0) is 56.5 Å². The lowest BCUT2D eigenvalue weighted by Gasteiger charge is -2.35. The van der Waals surface area contributed by atoms with Crippen LogP contribution in [0.25, 0.3) is 0 Å². The molecule has 0 bridgehead atoms. The van der Waals surface area contributed by atoms with Crippen LogP contribution in [0.2, 0.25) is 23.2 Å². The molecule has 1 aliphatic heterocycles. The minimum absolute atomic E-state index is 0.000212. The summed E-state index contributed by atoms with van der Waals surface area (Å²) in [6.45, 7) is 12.3. The minimum atomic E-state index is -2.16. The Kier molecular flexibility index (Phi) is 6.43. The van der Waals surface area contributed by atoms with Gasteiger partial charge in [-0.25, -0.2) is 0 Å². The molecule has 2 atom stereocenters. The SMILES string of the molecule is CC1(C)O[C@@H](CCCC(C)(C)[Si](C)(C)O)[C@H](Cc2ccccc2Cl)O1.